The number of benzene rings is 9. The van der Waals surface area contributed by atoms with Gasteiger partial charge in [-0.05, 0) is 161 Å². The van der Waals surface area contributed by atoms with Crippen LogP contribution in [-0.2, 0) is 16.2 Å². The third kappa shape index (κ3) is 8.63. The molecule has 1 aliphatic carbocycles. The molecule has 0 spiro atoms. The lowest BCUT2D eigenvalue weighted by atomic mass is 9.68. The zero-order valence-corrected chi connectivity index (χ0v) is 46.8. The van der Waals surface area contributed by atoms with Crippen molar-refractivity contribution in [1.82, 2.24) is 4.57 Å². The van der Waals surface area contributed by atoms with Crippen LogP contribution in [0.2, 0.25) is 0 Å². The number of hydrogen-bond donors (Lipinski definition) is 0. The van der Waals surface area contributed by atoms with Crippen LogP contribution in [0.5, 0.6) is 0 Å². The van der Waals surface area contributed by atoms with Crippen LogP contribution >= 0.6 is 0 Å². The third-order valence-electron chi connectivity index (χ3n) is 16.5. The molecule has 2 heteroatoms. The van der Waals surface area contributed by atoms with E-state index in [1.807, 2.05) is 0 Å². The summed E-state index contributed by atoms with van der Waals surface area (Å²) in [4.78, 5) is 2.46. The van der Waals surface area contributed by atoms with E-state index in [-0.39, 0.29) is 27.1 Å². The molecule has 1 heterocycles. The Bertz CT molecular complexity index is 3780. The molecule has 10 aromatic rings. The average Bonchev–Trinajstić information content (AvgIpc) is 3.68. The van der Waals surface area contributed by atoms with E-state index in [0.29, 0.717) is 5.92 Å². The normalized spacial score (nSPS) is 15.2. The van der Waals surface area contributed by atoms with Gasteiger partial charge in [-0.1, -0.05) is 219 Å². The summed E-state index contributed by atoms with van der Waals surface area (Å²) in [6.07, 6.45) is 6.17. The molecule has 0 N–H and O–H groups in total. The average molecular weight is 969 g/mol. The highest BCUT2D eigenvalue weighted by Gasteiger charge is 2.32. The van der Waals surface area contributed by atoms with Gasteiger partial charge in [0, 0.05) is 32.9 Å². The molecule has 0 amide bonds. The molecule has 0 saturated carbocycles. The maximum atomic E-state index is 2.57. The fraction of sp³-hybridized carbons (Fsp3) is 0.306. The predicted molar refractivity (Wildman–Crippen MR) is 324 cm³/mol. The van der Waals surface area contributed by atoms with Gasteiger partial charge in [-0.15, -0.1) is 0 Å². The van der Waals surface area contributed by atoms with Gasteiger partial charge in [0.1, 0.15) is 0 Å². The molecule has 1 aromatic heterocycles. The fourth-order valence-corrected chi connectivity index (χ4v) is 11.7. The van der Waals surface area contributed by atoms with E-state index in [1.165, 1.54) is 104 Å². The highest BCUT2D eigenvalue weighted by Crippen LogP contribution is 2.49. The fourth-order valence-electron chi connectivity index (χ4n) is 11.7. The van der Waals surface area contributed by atoms with Crippen molar-refractivity contribution in [2.45, 2.75) is 127 Å². The first-order valence-electron chi connectivity index (χ1n) is 27.2. The van der Waals surface area contributed by atoms with Crippen molar-refractivity contribution >= 4 is 76.8 Å². The Hall–Kier alpha value is -6.90. The SMILES string of the molecule is CC(C)(C)C1=CC(c2ccc(C(C)(C)C)cc2-c2ccc(N(c3ccccc3)c3ccc4ccc5c(-n6c7ccc(C(C)(C)C)cc7c7cc(C(C)(C)C)ccc76)ccc6ccc3c4c65)cc2)=CC(C(C)(C)C)C1. The van der Waals surface area contributed by atoms with Gasteiger partial charge in [-0.2, -0.15) is 0 Å². The Morgan fingerprint density at radius 1 is 0.432 bits per heavy atom. The summed E-state index contributed by atoms with van der Waals surface area (Å²) in [5, 5.41) is 10.2. The Balaban J connectivity index is 1.08. The van der Waals surface area contributed by atoms with Crippen LogP contribution < -0.4 is 4.90 Å². The first-order valence-corrected chi connectivity index (χ1v) is 27.2. The number of allylic oxidation sites excluding steroid dienone is 4. The number of nitrogens with zero attached hydrogens (tertiary/aromatic N) is 2. The number of hydrogen-bond acceptors (Lipinski definition) is 1. The molecular formula is C72H76N2. The second-order valence-electron chi connectivity index (χ2n) is 26.8. The van der Waals surface area contributed by atoms with Crippen molar-refractivity contribution in [3.8, 4) is 16.8 Å². The molecule has 1 atom stereocenters. The topological polar surface area (TPSA) is 8.17 Å². The lowest BCUT2D eigenvalue weighted by molar-refractivity contribution is 0.276. The Morgan fingerprint density at radius 3 is 1.51 bits per heavy atom. The number of fused-ring (bicyclic) bond motifs is 3. The zero-order chi connectivity index (χ0) is 52.4. The van der Waals surface area contributed by atoms with Crippen molar-refractivity contribution in [1.29, 1.82) is 0 Å². The summed E-state index contributed by atoms with van der Waals surface area (Å²) in [7, 11) is 0. The van der Waals surface area contributed by atoms with Crippen molar-refractivity contribution in [2.75, 3.05) is 4.90 Å². The highest BCUT2D eigenvalue weighted by atomic mass is 15.1. The van der Waals surface area contributed by atoms with Crippen LogP contribution in [0.15, 0.2) is 175 Å². The Labute approximate surface area is 441 Å². The van der Waals surface area contributed by atoms with E-state index in [2.05, 4.69) is 283 Å². The molecule has 0 radical (unpaired) electrons. The molecule has 1 aliphatic rings. The van der Waals surface area contributed by atoms with Crippen molar-refractivity contribution in [3.63, 3.8) is 0 Å². The molecule has 0 saturated heterocycles. The third-order valence-corrected chi connectivity index (χ3v) is 16.5. The lowest BCUT2D eigenvalue weighted by Gasteiger charge is -2.37. The second-order valence-corrected chi connectivity index (χ2v) is 26.8. The summed E-state index contributed by atoms with van der Waals surface area (Å²) in [6.45, 7) is 35.2. The molecule has 0 aliphatic heterocycles. The second kappa shape index (κ2) is 17.3. The quantitative estimate of drug-likeness (QED) is 0.151. The number of para-hydroxylation sites is 1. The largest absolute Gasteiger partial charge is 0.310 e. The van der Waals surface area contributed by atoms with Crippen molar-refractivity contribution < 1.29 is 0 Å². The first kappa shape index (κ1) is 49.3. The molecule has 0 bridgehead atoms. The van der Waals surface area contributed by atoms with Gasteiger partial charge in [0.15, 0.2) is 0 Å². The van der Waals surface area contributed by atoms with Gasteiger partial charge in [-0.3, -0.25) is 0 Å². The predicted octanol–water partition coefficient (Wildman–Crippen LogP) is 21.1. The molecule has 0 fully saturated rings. The minimum Gasteiger partial charge on any atom is -0.310 e. The monoisotopic (exact) mass is 969 g/mol. The molecule has 1 unspecified atom stereocenters. The maximum absolute atomic E-state index is 2.57. The first-order chi connectivity index (χ1) is 34.8. The zero-order valence-electron chi connectivity index (χ0n) is 46.8. The highest BCUT2D eigenvalue weighted by molar-refractivity contribution is 6.27. The Morgan fingerprint density at radius 2 is 0.946 bits per heavy atom. The Kier molecular flexibility index (Phi) is 11.6. The smallest absolute Gasteiger partial charge is 0.0541 e. The minimum atomic E-state index is 0.00415. The van der Waals surface area contributed by atoms with E-state index in [4.69, 9.17) is 0 Å². The maximum Gasteiger partial charge on any atom is 0.0541 e. The van der Waals surface area contributed by atoms with Gasteiger partial charge >= 0.3 is 0 Å². The van der Waals surface area contributed by atoms with Gasteiger partial charge in [0.25, 0.3) is 0 Å². The van der Waals surface area contributed by atoms with Crippen LogP contribution in [-0.4, -0.2) is 4.57 Å². The molecule has 374 valence electrons. The van der Waals surface area contributed by atoms with E-state index in [9.17, 15) is 0 Å². The molecule has 11 rings (SSSR count). The van der Waals surface area contributed by atoms with Gasteiger partial charge in [-0.25, -0.2) is 0 Å². The van der Waals surface area contributed by atoms with Gasteiger partial charge < -0.3 is 9.47 Å². The van der Waals surface area contributed by atoms with E-state index >= 15 is 0 Å². The van der Waals surface area contributed by atoms with Gasteiger partial charge in [0.05, 0.1) is 22.4 Å². The summed E-state index contributed by atoms with van der Waals surface area (Å²) in [5.41, 5.74) is 18.1. The van der Waals surface area contributed by atoms with Crippen LogP contribution in [0.25, 0.3) is 76.5 Å². The molecule has 2 nitrogen and oxygen atoms in total. The summed E-state index contributed by atoms with van der Waals surface area (Å²) in [5.74, 6) is 0.447. The minimum absolute atomic E-state index is 0.00415. The van der Waals surface area contributed by atoms with Crippen LogP contribution in [0, 0.1) is 16.7 Å². The molecule has 9 aromatic carbocycles. The van der Waals surface area contributed by atoms with E-state index < -0.39 is 0 Å². The number of anilines is 3. The number of aromatic nitrogens is 1. The van der Waals surface area contributed by atoms with Crippen LogP contribution in [0.3, 0.4) is 0 Å². The standard InChI is InChI=1S/C72H76N2/c1-68(2,3)49-27-34-56(48-39-52(71(10,11)12)41-53(40-48)72(13,14)15)59(42-49)45-21-30-55(31-22-45)73(54-19-17-16-18-20-54)62-35-25-46-24-33-58-63(36-26-47-23-32-57(62)66(46)67(47)58)74-64-37-28-50(69(4,5)6)43-60(64)61-44-51(70(7,8)9)29-38-65(61)74/h16-40,42-44,52H,41H2,1-15H3. The summed E-state index contributed by atoms with van der Waals surface area (Å²) < 4.78 is 2.53. The van der Waals surface area contributed by atoms with Gasteiger partial charge in [0.2, 0.25) is 0 Å². The van der Waals surface area contributed by atoms with E-state index in [1.54, 1.807) is 0 Å². The number of rotatable bonds is 6. The lowest BCUT2D eigenvalue weighted by Crippen LogP contribution is -2.25. The van der Waals surface area contributed by atoms with Crippen molar-refractivity contribution in [3.05, 3.63) is 198 Å². The molecule has 74 heavy (non-hydrogen) atoms. The van der Waals surface area contributed by atoms with Crippen LogP contribution in [0.4, 0.5) is 17.1 Å². The summed E-state index contributed by atoms with van der Waals surface area (Å²) in [6, 6.07) is 60.6. The van der Waals surface area contributed by atoms with E-state index in [0.717, 1.165) is 23.5 Å². The molecular weight excluding hydrogens is 893 g/mol. The van der Waals surface area contributed by atoms with Crippen LogP contribution in [0.1, 0.15) is 133 Å². The summed E-state index contributed by atoms with van der Waals surface area (Å²) >= 11 is 0. The van der Waals surface area contributed by atoms with Crippen molar-refractivity contribution in [2.24, 2.45) is 16.7 Å².